The third kappa shape index (κ3) is 1.50. The van der Waals surface area contributed by atoms with Crippen molar-refractivity contribution in [3.63, 3.8) is 0 Å². The van der Waals surface area contributed by atoms with Crippen molar-refractivity contribution >= 4 is 0 Å². The zero-order chi connectivity index (χ0) is 8.60. The van der Waals surface area contributed by atoms with Gasteiger partial charge in [0.25, 0.3) is 0 Å². The molecule has 1 saturated heterocycles. The molecule has 2 heteroatoms. The molecule has 2 unspecified atom stereocenters. The number of aliphatic hydroxyl groups is 1. The highest BCUT2D eigenvalue weighted by atomic mass is 16.5. The van der Waals surface area contributed by atoms with Crippen molar-refractivity contribution in [1.82, 2.24) is 0 Å². The lowest BCUT2D eigenvalue weighted by molar-refractivity contribution is -0.142. The van der Waals surface area contributed by atoms with Gasteiger partial charge < -0.3 is 9.84 Å². The van der Waals surface area contributed by atoms with Crippen molar-refractivity contribution in [3.8, 4) is 0 Å². The predicted molar refractivity (Wildman–Crippen MR) is 46.9 cm³/mol. The molecule has 0 radical (unpaired) electrons. The van der Waals surface area contributed by atoms with E-state index in [4.69, 9.17) is 4.74 Å². The number of aliphatic hydroxyl groups excluding tert-OH is 1. The summed E-state index contributed by atoms with van der Waals surface area (Å²) in [4.78, 5) is 0. The Morgan fingerprint density at radius 2 is 2.17 bits per heavy atom. The Labute approximate surface area is 73.9 Å². The van der Waals surface area contributed by atoms with E-state index in [9.17, 15) is 5.11 Å². The van der Waals surface area contributed by atoms with Crippen LogP contribution in [0.15, 0.2) is 0 Å². The minimum Gasteiger partial charge on any atom is -0.390 e. The Balaban J connectivity index is 1.96. The molecule has 1 heterocycles. The maximum absolute atomic E-state index is 9.95. The van der Waals surface area contributed by atoms with Crippen molar-refractivity contribution < 1.29 is 9.84 Å². The van der Waals surface area contributed by atoms with Crippen LogP contribution in [0.4, 0.5) is 0 Å². The average molecular weight is 170 g/mol. The summed E-state index contributed by atoms with van der Waals surface area (Å²) in [7, 11) is 0. The van der Waals surface area contributed by atoms with Gasteiger partial charge in [0.1, 0.15) is 0 Å². The second kappa shape index (κ2) is 3.00. The van der Waals surface area contributed by atoms with Crippen LogP contribution in [-0.4, -0.2) is 23.4 Å². The van der Waals surface area contributed by atoms with Gasteiger partial charge in [-0.3, -0.25) is 0 Å². The molecule has 0 bridgehead atoms. The Hall–Kier alpha value is -0.0800. The van der Waals surface area contributed by atoms with Crippen LogP contribution in [0.25, 0.3) is 0 Å². The minimum atomic E-state index is -0.223. The molecule has 0 spiro atoms. The molecule has 2 aliphatic rings. The summed E-state index contributed by atoms with van der Waals surface area (Å²) >= 11 is 0. The number of ether oxygens (including phenoxy) is 1. The van der Waals surface area contributed by atoms with Gasteiger partial charge in [-0.05, 0) is 44.9 Å². The van der Waals surface area contributed by atoms with Gasteiger partial charge in [-0.15, -0.1) is 0 Å². The van der Waals surface area contributed by atoms with Crippen molar-refractivity contribution in [1.29, 1.82) is 0 Å². The van der Waals surface area contributed by atoms with E-state index in [0.717, 1.165) is 19.4 Å². The molecular weight excluding hydrogens is 152 g/mol. The standard InChI is InChI=1S/C10H18O2/c1-10(6-2-3-7-12-10)9(11)8-4-5-8/h8-9,11H,2-7H2,1H3. The van der Waals surface area contributed by atoms with E-state index < -0.39 is 0 Å². The van der Waals surface area contributed by atoms with E-state index in [1.54, 1.807) is 0 Å². The van der Waals surface area contributed by atoms with Crippen LogP contribution in [0.5, 0.6) is 0 Å². The van der Waals surface area contributed by atoms with Crippen LogP contribution in [0.2, 0.25) is 0 Å². The van der Waals surface area contributed by atoms with Crippen molar-refractivity contribution in [2.75, 3.05) is 6.61 Å². The number of hydrogen-bond acceptors (Lipinski definition) is 2. The third-order valence-electron chi connectivity index (χ3n) is 3.19. The molecule has 12 heavy (non-hydrogen) atoms. The molecule has 2 nitrogen and oxygen atoms in total. The molecule has 0 aromatic heterocycles. The molecule has 1 saturated carbocycles. The van der Waals surface area contributed by atoms with Gasteiger partial charge in [0, 0.05) is 6.61 Å². The molecule has 1 aliphatic heterocycles. The fraction of sp³-hybridized carbons (Fsp3) is 1.00. The monoisotopic (exact) mass is 170 g/mol. The minimum absolute atomic E-state index is 0.210. The van der Waals surface area contributed by atoms with E-state index in [-0.39, 0.29) is 11.7 Å². The third-order valence-corrected chi connectivity index (χ3v) is 3.19. The molecule has 2 atom stereocenters. The molecule has 1 N–H and O–H groups in total. The van der Waals surface area contributed by atoms with Gasteiger partial charge in [0.2, 0.25) is 0 Å². The van der Waals surface area contributed by atoms with E-state index in [1.165, 1.54) is 19.3 Å². The van der Waals surface area contributed by atoms with Crippen LogP contribution >= 0.6 is 0 Å². The molecular formula is C10H18O2. The Kier molecular flexibility index (Phi) is 2.13. The zero-order valence-corrected chi connectivity index (χ0v) is 7.75. The van der Waals surface area contributed by atoms with Crippen LogP contribution in [0, 0.1) is 5.92 Å². The van der Waals surface area contributed by atoms with Gasteiger partial charge in [0.15, 0.2) is 0 Å². The van der Waals surface area contributed by atoms with Gasteiger partial charge in [-0.1, -0.05) is 0 Å². The van der Waals surface area contributed by atoms with Crippen LogP contribution in [-0.2, 0) is 4.74 Å². The summed E-state index contributed by atoms with van der Waals surface area (Å²) in [5.41, 5.74) is -0.223. The lowest BCUT2D eigenvalue weighted by Gasteiger charge is -2.38. The average Bonchev–Trinajstić information content (AvgIpc) is 2.87. The highest BCUT2D eigenvalue weighted by Crippen LogP contribution is 2.41. The van der Waals surface area contributed by atoms with E-state index in [2.05, 4.69) is 6.92 Å². The lowest BCUT2D eigenvalue weighted by atomic mass is 9.88. The summed E-state index contributed by atoms with van der Waals surface area (Å²) in [6.45, 7) is 2.90. The van der Waals surface area contributed by atoms with Crippen LogP contribution in [0.3, 0.4) is 0 Å². The van der Waals surface area contributed by atoms with Crippen molar-refractivity contribution in [3.05, 3.63) is 0 Å². The first-order valence-corrected chi connectivity index (χ1v) is 5.04. The quantitative estimate of drug-likeness (QED) is 0.683. The smallest absolute Gasteiger partial charge is 0.0914 e. The number of rotatable bonds is 2. The van der Waals surface area contributed by atoms with E-state index in [0.29, 0.717) is 5.92 Å². The number of hydrogen-bond donors (Lipinski definition) is 1. The topological polar surface area (TPSA) is 29.5 Å². The Morgan fingerprint density at radius 3 is 2.67 bits per heavy atom. The van der Waals surface area contributed by atoms with Crippen LogP contribution < -0.4 is 0 Å². The Morgan fingerprint density at radius 1 is 1.42 bits per heavy atom. The summed E-state index contributed by atoms with van der Waals surface area (Å²) in [6, 6.07) is 0. The van der Waals surface area contributed by atoms with Crippen molar-refractivity contribution in [2.45, 2.75) is 50.7 Å². The van der Waals surface area contributed by atoms with Crippen LogP contribution in [0.1, 0.15) is 39.0 Å². The fourth-order valence-electron chi connectivity index (χ4n) is 2.10. The maximum atomic E-state index is 9.95. The fourth-order valence-corrected chi connectivity index (χ4v) is 2.10. The molecule has 0 aromatic carbocycles. The zero-order valence-electron chi connectivity index (χ0n) is 7.75. The summed E-state index contributed by atoms with van der Waals surface area (Å²) in [5.74, 6) is 0.535. The maximum Gasteiger partial charge on any atom is 0.0914 e. The normalized spacial score (nSPS) is 39.5. The predicted octanol–water partition coefficient (Wildman–Crippen LogP) is 1.72. The largest absolute Gasteiger partial charge is 0.390 e. The van der Waals surface area contributed by atoms with Gasteiger partial charge in [-0.2, -0.15) is 0 Å². The first-order chi connectivity index (χ1) is 5.72. The van der Waals surface area contributed by atoms with E-state index >= 15 is 0 Å². The first-order valence-electron chi connectivity index (χ1n) is 5.04. The summed E-state index contributed by atoms with van der Waals surface area (Å²) < 4.78 is 5.68. The highest BCUT2D eigenvalue weighted by Gasteiger charge is 2.44. The Bertz CT molecular complexity index is 157. The second-order valence-electron chi connectivity index (χ2n) is 4.40. The molecule has 0 amide bonds. The molecule has 0 aromatic rings. The van der Waals surface area contributed by atoms with Gasteiger partial charge in [0.05, 0.1) is 11.7 Å². The molecule has 1 aliphatic carbocycles. The summed E-state index contributed by atoms with van der Waals surface area (Å²) in [6.07, 6.45) is 5.58. The first kappa shape index (κ1) is 8.52. The SMILES string of the molecule is CC1(C(O)C2CC2)CCCCO1. The summed E-state index contributed by atoms with van der Waals surface area (Å²) in [5, 5.41) is 9.95. The molecule has 2 fully saturated rings. The second-order valence-corrected chi connectivity index (χ2v) is 4.40. The van der Waals surface area contributed by atoms with Gasteiger partial charge >= 0.3 is 0 Å². The van der Waals surface area contributed by atoms with Crippen molar-refractivity contribution in [2.24, 2.45) is 5.92 Å². The molecule has 2 rings (SSSR count). The lowest BCUT2D eigenvalue weighted by Crippen LogP contribution is -2.45. The van der Waals surface area contributed by atoms with Gasteiger partial charge in [-0.25, -0.2) is 0 Å². The molecule has 70 valence electrons. The van der Waals surface area contributed by atoms with E-state index in [1.807, 2.05) is 0 Å². The highest BCUT2D eigenvalue weighted by molar-refractivity contribution is 4.95.